The third kappa shape index (κ3) is 2.81. The Kier molecular flexibility index (Phi) is 4.95. The molecular formula is C12H16FNO2. The summed E-state index contributed by atoms with van der Waals surface area (Å²) >= 11 is 0. The Balaban J connectivity index is 3.14. The first-order valence-corrected chi connectivity index (χ1v) is 4.95. The van der Waals surface area contributed by atoms with E-state index in [1.54, 1.807) is 24.3 Å². The van der Waals surface area contributed by atoms with Crippen molar-refractivity contribution < 1.29 is 13.9 Å². The van der Waals surface area contributed by atoms with E-state index in [0.717, 1.165) is 0 Å². The molecule has 0 aromatic heterocycles. The minimum absolute atomic E-state index is 0.180. The van der Waals surface area contributed by atoms with Crippen LogP contribution in [0.1, 0.15) is 11.1 Å². The summed E-state index contributed by atoms with van der Waals surface area (Å²) in [5, 5.41) is 0. The van der Waals surface area contributed by atoms with E-state index in [1.807, 2.05) is 0 Å². The van der Waals surface area contributed by atoms with Crippen molar-refractivity contribution in [3.05, 3.63) is 35.2 Å². The molecule has 0 aliphatic heterocycles. The largest absolute Gasteiger partial charge is 0.496 e. The van der Waals surface area contributed by atoms with E-state index in [9.17, 15) is 4.39 Å². The maximum absolute atomic E-state index is 14.0. The van der Waals surface area contributed by atoms with E-state index in [2.05, 4.69) is 0 Å². The molecule has 0 atom stereocenters. The maximum Gasteiger partial charge on any atom is 0.139 e. The molecule has 1 rings (SSSR count). The Hall–Kier alpha value is -1.39. The lowest BCUT2D eigenvalue weighted by Crippen LogP contribution is -2.00. The van der Waals surface area contributed by atoms with Crippen molar-refractivity contribution in [2.24, 2.45) is 5.73 Å². The van der Waals surface area contributed by atoms with Gasteiger partial charge >= 0.3 is 0 Å². The monoisotopic (exact) mass is 225 g/mol. The summed E-state index contributed by atoms with van der Waals surface area (Å²) in [5.41, 5.74) is 6.23. The van der Waals surface area contributed by atoms with Gasteiger partial charge in [-0.2, -0.15) is 0 Å². The van der Waals surface area contributed by atoms with Gasteiger partial charge in [0.2, 0.25) is 0 Å². The Bertz CT molecular complexity index is 378. The maximum atomic E-state index is 14.0. The molecule has 0 spiro atoms. The zero-order chi connectivity index (χ0) is 12.0. The third-order valence-electron chi connectivity index (χ3n) is 2.17. The predicted molar refractivity (Wildman–Crippen MR) is 61.8 cm³/mol. The highest BCUT2D eigenvalue weighted by molar-refractivity contribution is 5.54. The molecule has 2 N–H and O–H groups in total. The minimum Gasteiger partial charge on any atom is -0.496 e. The van der Waals surface area contributed by atoms with E-state index < -0.39 is 0 Å². The van der Waals surface area contributed by atoms with E-state index in [4.69, 9.17) is 15.2 Å². The van der Waals surface area contributed by atoms with Crippen molar-refractivity contribution in [3.63, 3.8) is 0 Å². The fourth-order valence-electron chi connectivity index (χ4n) is 1.42. The Morgan fingerprint density at radius 1 is 1.38 bits per heavy atom. The van der Waals surface area contributed by atoms with Crippen molar-refractivity contribution in [2.45, 2.75) is 6.61 Å². The highest BCUT2D eigenvalue weighted by Gasteiger charge is 2.12. The average Bonchev–Trinajstić information content (AvgIpc) is 2.30. The van der Waals surface area contributed by atoms with Gasteiger partial charge in [0, 0.05) is 19.2 Å². The van der Waals surface area contributed by atoms with Crippen LogP contribution in [0.15, 0.2) is 18.2 Å². The average molecular weight is 225 g/mol. The molecule has 0 saturated carbocycles. The van der Waals surface area contributed by atoms with Crippen LogP contribution in [0.2, 0.25) is 0 Å². The SMILES string of the molecule is COCc1c(OC)ccc(/C=C/CN)c1F. The van der Waals surface area contributed by atoms with Crippen LogP contribution in [0.5, 0.6) is 5.75 Å². The van der Waals surface area contributed by atoms with Crippen LogP contribution in [-0.4, -0.2) is 20.8 Å². The molecular weight excluding hydrogens is 209 g/mol. The summed E-state index contributed by atoms with van der Waals surface area (Å²) in [6.45, 7) is 0.560. The summed E-state index contributed by atoms with van der Waals surface area (Å²) in [6, 6.07) is 3.37. The van der Waals surface area contributed by atoms with Gasteiger partial charge in [-0.25, -0.2) is 4.39 Å². The summed E-state index contributed by atoms with van der Waals surface area (Å²) in [6.07, 6.45) is 3.34. The third-order valence-corrected chi connectivity index (χ3v) is 2.17. The highest BCUT2D eigenvalue weighted by atomic mass is 19.1. The van der Waals surface area contributed by atoms with E-state index in [-0.39, 0.29) is 12.4 Å². The second kappa shape index (κ2) is 6.25. The first-order chi connectivity index (χ1) is 7.74. The molecule has 0 amide bonds. The molecule has 3 nitrogen and oxygen atoms in total. The van der Waals surface area contributed by atoms with Gasteiger partial charge < -0.3 is 15.2 Å². The number of halogens is 1. The molecule has 0 aliphatic rings. The number of ether oxygens (including phenoxy) is 2. The van der Waals surface area contributed by atoms with Crippen LogP contribution in [0, 0.1) is 5.82 Å². The first-order valence-electron chi connectivity index (χ1n) is 4.95. The zero-order valence-electron chi connectivity index (χ0n) is 9.50. The van der Waals surface area contributed by atoms with E-state index in [1.165, 1.54) is 14.2 Å². The number of methoxy groups -OCH3 is 2. The Morgan fingerprint density at radius 2 is 2.12 bits per heavy atom. The van der Waals surface area contributed by atoms with Gasteiger partial charge in [-0.3, -0.25) is 0 Å². The van der Waals surface area contributed by atoms with Gasteiger partial charge in [0.1, 0.15) is 11.6 Å². The molecule has 0 bridgehead atoms. The smallest absolute Gasteiger partial charge is 0.139 e. The van der Waals surface area contributed by atoms with Crippen molar-refractivity contribution in [1.29, 1.82) is 0 Å². The van der Waals surface area contributed by atoms with Gasteiger partial charge in [-0.1, -0.05) is 12.2 Å². The van der Waals surface area contributed by atoms with Gasteiger partial charge in [0.25, 0.3) is 0 Å². The van der Waals surface area contributed by atoms with E-state index >= 15 is 0 Å². The summed E-state index contributed by atoms with van der Waals surface area (Å²) in [5.74, 6) is 0.162. The zero-order valence-corrected chi connectivity index (χ0v) is 9.50. The molecule has 0 unspecified atom stereocenters. The molecule has 0 saturated heterocycles. The van der Waals surface area contributed by atoms with Crippen molar-refractivity contribution in [2.75, 3.05) is 20.8 Å². The number of rotatable bonds is 5. The number of hydrogen-bond donors (Lipinski definition) is 1. The van der Waals surface area contributed by atoms with Gasteiger partial charge in [-0.05, 0) is 12.1 Å². The molecule has 4 heteroatoms. The van der Waals surface area contributed by atoms with Crippen molar-refractivity contribution >= 4 is 6.08 Å². The second-order valence-corrected chi connectivity index (χ2v) is 3.22. The molecule has 1 aromatic carbocycles. The highest BCUT2D eigenvalue weighted by Crippen LogP contribution is 2.25. The van der Waals surface area contributed by atoms with Crippen LogP contribution >= 0.6 is 0 Å². The van der Waals surface area contributed by atoms with Gasteiger partial charge in [0.15, 0.2) is 0 Å². The lowest BCUT2D eigenvalue weighted by atomic mass is 10.1. The predicted octanol–water partition coefficient (Wildman–Crippen LogP) is 1.95. The normalized spacial score (nSPS) is 11.0. The summed E-state index contributed by atoms with van der Waals surface area (Å²) in [4.78, 5) is 0. The molecule has 1 aromatic rings. The summed E-state index contributed by atoms with van der Waals surface area (Å²) < 4.78 is 24.0. The number of hydrogen-bond acceptors (Lipinski definition) is 3. The first kappa shape index (κ1) is 12.7. The van der Waals surface area contributed by atoms with Crippen LogP contribution in [-0.2, 0) is 11.3 Å². The number of nitrogens with two attached hydrogens (primary N) is 1. The molecule has 88 valence electrons. The van der Waals surface area contributed by atoms with Crippen LogP contribution in [0.3, 0.4) is 0 Å². The van der Waals surface area contributed by atoms with Crippen molar-refractivity contribution in [1.82, 2.24) is 0 Å². The van der Waals surface area contributed by atoms with Crippen LogP contribution in [0.25, 0.3) is 6.08 Å². The fourth-order valence-corrected chi connectivity index (χ4v) is 1.42. The van der Waals surface area contributed by atoms with Crippen molar-refractivity contribution in [3.8, 4) is 5.75 Å². The second-order valence-electron chi connectivity index (χ2n) is 3.22. The molecule has 0 aliphatic carbocycles. The Morgan fingerprint density at radius 3 is 2.69 bits per heavy atom. The summed E-state index contributed by atoms with van der Waals surface area (Å²) in [7, 11) is 3.02. The molecule has 0 radical (unpaired) electrons. The van der Waals surface area contributed by atoms with Crippen LogP contribution in [0.4, 0.5) is 4.39 Å². The minimum atomic E-state index is -0.328. The van der Waals surface area contributed by atoms with Gasteiger partial charge in [0.05, 0.1) is 19.3 Å². The number of benzene rings is 1. The lowest BCUT2D eigenvalue weighted by Gasteiger charge is -2.10. The molecule has 16 heavy (non-hydrogen) atoms. The topological polar surface area (TPSA) is 44.5 Å². The van der Waals surface area contributed by atoms with Gasteiger partial charge in [-0.15, -0.1) is 0 Å². The van der Waals surface area contributed by atoms with E-state index in [0.29, 0.717) is 23.4 Å². The molecule has 0 heterocycles. The quantitative estimate of drug-likeness (QED) is 0.833. The fraction of sp³-hybridized carbons (Fsp3) is 0.333. The Labute approximate surface area is 94.7 Å². The molecule has 0 fully saturated rings. The van der Waals surface area contributed by atoms with Crippen LogP contribution < -0.4 is 10.5 Å². The lowest BCUT2D eigenvalue weighted by molar-refractivity contribution is 0.178. The standard InChI is InChI=1S/C12H16FNO2/c1-15-8-10-11(16-2)6-5-9(12(10)13)4-3-7-14/h3-6H,7-8,14H2,1-2H3/b4-3+.